The fraction of sp³-hybridized carbons (Fsp3) is 0.345. The molecule has 1 saturated heterocycles. The standard InChI is InChI=1S/C29H24FN3O7S2/c30-12-5-7-13(8-6-12)31-18(34)11-40-17-4-2-1-3-14(17)20-21-15-9-16(24(21)41-26-25(20)42-29(39)32-26)23-22(15)27(37)33(28(23)38)10-19(35)36/h1-8,15-16,20-24H,9-11H2,(H,31,34)(H,32,39)(H,35,36)/t15?,16?,20-,21?,22?,23?,24?/m1/s1. The normalized spacial score (nSPS) is 28.8. The maximum Gasteiger partial charge on any atom is 0.323 e. The Balaban J connectivity index is 1.21. The molecule has 0 spiro atoms. The molecule has 3 N–H and O–H groups in total. The van der Waals surface area contributed by atoms with E-state index in [1.165, 1.54) is 36.0 Å². The number of hydrogen-bond acceptors (Lipinski definition) is 8. The third kappa shape index (κ3) is 4.25. The molecule has 42 heavy (non-hydrogen) atoms. The zero-order valence-electron chi connectivity index (χ0n) is 21.8. The number of fused-ring (bicyclic) bond motifs is 9. The van der Waals surface area contributed by atoms with Crippen LogP contribution in [0.15, 0.2) is 58.4 Å². The molecule has 10 nitrogen and oxygen atoms in total. The average Bonchev–Trinajstić information content (AvgIpc) is 3.69. The molecule has 2 saturated carbocycles. The van der Waals surface area contributed by atoms with Gasteiger partial charge in [0.2, 0.25) is 11.8 Å². The summed E-state index contributed by atoms with van der Waals surface area (Å²) in [6.45, 7) is -0.957. The van der Waals surface area contributed by atoms with Crippen molar-refractivity contribution in [3.05, 3.63) is 74.5 Å². The first-order valence-electron chi connectivity index (χ1n) is 13.4. The van der Waals surface area contributed by atoms with Gasteiger partial charge in [-0.2, -0.15) is 0 Å². The van der Waals surface area contributed by atoms with E-state index in [1.807, 2.05) is 12.1 Å². The van der Waals surface area contributed by atoms with E-state index in [0.29, 0.717) is 17.9 Å². The highest BCUT2D eigenvalue weighted by Crippen LogP contribution is 2.68. The van der Waals surface area contributed by atoms with Crippen molar-refractivity contribution in [3.8, 4) is 5.75 Å². The molecule has 4 aliphatic rings. The number of aromatic nitrogens is 1. The molecule has 7 atom stereocenters. The molecule has 6 unspecified atom stereocenters. The number of carboxylic acid groups (broad SMARTS) is 1. The van der Waals surface area contributed by atoms with Crippen LogP contribution in [-0.4, -0.2) is 57.1 Å². The van der Waals surface area contributed by atoms with Crippen LogP contribution in [0, 0.1) is 35.4 Å². The predicted octanol–water partition coefficient (Wildman–Crippen LogP) is 3.15. The zero-order chi connectivity index (χ0) is 29.3. The van der Waals surface area contributed by atoms with E-state index in [2.05, 4.69) is 10.3 Å². The van der Waals surface area contributed by atoms with Gasteiger partial charge >= 0.3 is 10.8 Å². The highest BCUT2D eigenvalue weighted by atomic mass is 32.2. The minimum atomic E-state index is -1.23. The van der Waals surface area contributed by atoms with Crippen molar-refractivity contribution in [2.45, 2.75) is 22.6 Å². The number of thiazole rings is 1. The van der Waals surface area contributed by atoms with Crippen molar-refractivity contribution < 1.29 is 33.4 Å². The van der Waals surface area contributed by atoms with Crippen molar-refractivity contribution in [1.29, 1.82) is 0 Å². The summed E-state index contributed by atoms with van der Waals surface area (Å²) in [5, 5.41) is 12.6. The van der Waals surface area contributed by atoms with E-state index in [0.717, 1.165) is 31.7 Å². The van der Waals surface area contributed by atoms with Crippen LogP contribution in [0.3, 0.4) is 0 Å². The molecule has 2 bridgehead atoms. The van der Waals surface area contributed by atoms with Gasteiger partial charge in [0.1, 0.15) is 18.1 Å². The monoisotopic (exact) mass is 609 g/mol. The first-order chi connectivity index (χ1) is 20.2. The Morgan fingerprint density at radius 1 is 1.05 bits per heavy atom. The van der Waals surface area contributed by atoms with E-state index in [1.54, 1.807) is 12.1 Å². The van der Waals surface area contributed by atoms with Crippen molar-refractivity contribution >= 4 is 52.5 Å². The lowest BCUT2D eigenvalue weighted by Gasteiger charge is -2.43. The van der Waals surface area contributed by atoms with Gasteiger partial charge in [-0.3, -0.25) is 28.9 Å². The second kappa shape index (κ2) is 10.1. The number of nitrogens with one attached hydrogen (secondary N) is 2. The number of carbonyl (C=O) groups excluding carboxylic acids is 3. The van der Waals surface area contributed by atoms with E-state index in [-0.39, 0.29) is 40.4 Å². The van der Waals surface area contributed by atoms with Crippen LogP contribution in [0.1, 0.15) is 22.8 Å². The van der Waals surface area contributed by atoms with Crippen LogP contribution in [0.2, 0.25) is 0 Å². The highest BCUT2D eigenvalue weighted by Gasteiger charge is 2.69. The summed E-state index contributed by atoms with van der Waals surface area (Å²) < 4.78 is 19.2. The predicted molar refractivity (Wildman–Crippen MR) is 150 cm³/mol. The summed E-state index contributed by atoms with van der Waals surface area (Å²) in [6, 6.07) is 12.7. The van der Waals surface area contributed by atoms with Crippen molar-refractivity contribution in [3.63, 3.8) is 0 Å². The summed E-state index contributed by atoms with van der Waals surface area (Å²) in [4.78, 5) is 67.7. The van der Waals surface area contributed by atoms with Crippen molar-refractivity contribution in [2.24, 2.45) is 29.6 Å². The fourth-order valence-corrected chi connectivity index (χ4v) is 10.3. The van der Waals surface area contributed by atoms with Gasteiger partial charge in [-0.1, -0.05) is 29.5 Å². The Morgan fingerprint density at radius 2 is 1.76 bits per heavy atom. The summed E-state index contributed by atoms with van der Waals surface area (Å²) in [5.41, 5.74) is 1.19. The summed E-state index contributed by atoms with van der Waals surface area (Å²) in [5.74, 6) is -4.42. The average molecular weight is 610 g/mol. The number of H-pyrrole nitrogens is 1. The molecule has 13 heteroatoms. The minimum Gasteiger partial charge on any atom is -0.483 e. The molecule has 7 rings (SSSR count). The van der Waals surface area contributed by atoms with Gasteiger partial charge in [0.05, 0.1) is 16.9 Å². The zero-order valence-corrected chi connectivity index (χ0v) is 23.5. The smallest absolute Gasteiger partial charge is 0.323 e. The number of anilines is 1. The first-order valence-corrected chi connectivity index (χ1v) is 15.1. The maximum absolute atomic E-state index is 13.4. The number of amides is 3. The third-order valence-corrected chi connectivity index (χ3v) is 11.4. The van der Waals surface area contributed by atoms with Crippen molar-refractivity contribution in [2.75, 3.05) is 18.5 Å². The molecule has 0 radical (unpaired) electrons. The molecule has 3 fully saturated rings. The Labute approximate surface area is 246 Å². The van der Waals surface area contributed by atoms with E-state index < -0.39 is 47.9 Å². The van der Waals surface area contributed by atoms with Crippen LogP contribution in [-0.2, 0) is 19.2 Å². The van der Waals surface area contributed by atoms with Crippen LogP contribution in [0.4, 0.5) is 10.1 Å². The number of halogens is 1. The van der Waals surface area contributed by atoms with Gasteiger partial charge in [-0.05, 0) is 54.5 Å². The number of rotatable bonds is 7. The number of para-hydroxylation sites is 1. The lowest BCUT2D eigenvalue weighted by Crippen LogP contribution is -2.42. The number of imide groups is 1. The van der Waals surface area contributed by atoms with Crippen LogP contribution < -0.4 is 14.9 Å². The molecule has 2 aliphatic heterocycles. The first kappa shape index (κ1) is 26.9. The van der Waals surface area contributed by atoms with E-state index in [4.69, 9.17) is 4.74 Å². The lowest BCUT2D eigenvalue weighted by atomic mass is 9.68. The fourth-order valence-electron chi connectivity index (χ4n) is 7.46. The van der Waals surface area contributed by atoms with Gasteiger partial charge < -0.3 is 20.1 Å². The molecule has 216 valence electrons. The summed E-state index contributed by atoms with van der Waals surface area (Å²) >= 11 is 2.63. The molecular formula is C29H24FN3O7S2. The SMILES string of the molecule is O=C(O)CN1C(=O)C2C3CC(C2C1=O)C1C3Sc2[nH]c(=O)sc2[C@@H]1c1ccccc1OCC(=O)Nc1ccc(F)cc1. The number of likely N-dealkylation sites (tertiary alicyclic amines) is 1. The topological polar surface area (TPSA) is 146 Å². The molecule has 2 aliphatic carbocycles. The van der Waals surface area contributed by atoms with Gasteiger partial charge in [0.15, 0.2) is 6.61 Å². The second-order valence-electron chi connectivity index (χ2n) is 11.0. The maximum atomic E-state index is 13.4. The number of benzene rings is 2. The number of thioether (sulfide) groups is 1. The molecular weight excluding hydrogens is 585 g/mol. The number of carboxylic acids is 1. The summed E-state index contributed by atoms with van der Waals surface area (Å²) in [6.07, 6.45) is 0.662. The second-order valence-corrected chi connectivity index (χ2v) is 13.2. The third-order valence-electron chi connectivity index (χ3n) is 8.85. The highest BCUT2D eigenvalue weighted by molar-refractivity contribution is 8.00. The number of hydrogen-bond donors (Lipinski definition) is 3. The largest absolute Gasteiger partial charge is 0.483 e. The molecule has 3 aromatic rings. The molecule has 2 aromatic carbocycles. The Bertz CT molecular complexity index is 1690. The van der Waals surface area contributed by atoms with Gasteiger partial charge in [0, 0.05) is 27.3 Å². The van der Waals surface area contributed by atoms with E-state index >= 15 is 0 Å². The Morgan fingerprint density at radius 3 is 2.50 bits per heavy atom. The molecule has 3 amide bonds. The van der Waals surface area contributed by atoms with Crippen LogP contribution in [0.5, 0.6) is 5.75 Å². The number of ether oxygens (including phenoxy) is 1. The minimum absolute atomic E-state index is 0.0737. The van der Waals surface area contributed by atoms with Crippen molar-refractivity contribution in [1.82, 2.24) is 9.88 Å². The summed E-state index contributed by atoms with van der Waals surface area (Å²) in [7, 11) is 0. The van der Waals surface area contributed by atoms with Gasteiger partial charge in [-0.15, -0.1) is 11.8 Å². The number of nitrogens with zero attached hydrogens (tertiary/aromatic N) is 1. The quantitative estimate of drug-likeness (QED) is 0.347. The number of aromatic amines is 1. The van der Waals surface area contributed by atoms with E-state index in [9.17, 15) is 33.5 Å². The molecule has 3 heterocycles. The van der Waals surface area contributed by atoms with Crippen LogP contribution in [0.25, 0.3) is 0 Å². The Kier molecular flexibility index (Phi) is 6.46. The Hall–Kier alpha value is -3.97. The van der Waals surface area contributed by atoms with Gasteiger partial charge in [-0.25, -0.2) is 4.39 Å². The molecule has 1 aromatic heterocycles. The van der Waals surface area contributed by atoms with Gasteiger partial charge in [0.25, 0.3) is 5.91 Å². The van der Waals surface area contributed by atoms with Crippen LogP contribution >= 0.6 is 23.1 Å². The number of aliphatic carboxylic acids is 1. The lowest BCUT2D eigenvalue weighted by molar-refractivity contribution is -0.149. The number of carbonyl (C=O) groups is 4.